The number of sulfonamides is 1. The fourth-order valence-corrected chi connectivity index (χ4v) is 4.69. The zero-order valence-corrected chi connectivity index (χ0v) is 18.0. The largest absolute Gasteiger partial charge is 0.497 e. The van der Waals surface area contributed by atoms with Crippen molar-refractivity contribution in [3.8, 4) is 17.2 Å². The Morgan fingerprint density at radius 3 is 2.25 bits per heavy atom. The van der Waals surface area contributed by atoms with E-state index in [1.165, 1.54) is 10.4 Å². The number of hydrogen-bond donors (Lipinski definition) is 0. The molecule has 6 nitrogen and oxygen atoms in total. The van der Waals surface area contributed by atoms with Crippen molar-refractivity contribution >= 4 is 10.0 Å². The third-order valence-corrected chi connectivity index (χ3v) is 6.48. The average molecular weight is 408 g/mol. The van der Waals surface area contributed by atoms with E-state index in [0.717, 1.165) is 5.56 Å². The zero-order valence-electron chi connectivity index (χ0n) is 17.1. The van der Waals surface area contributed by atoms with Crippen molar-refractivity contribution in [3.05, 3.63) is 48.0 Å². The Balaban J connectivity index is 2.43. The van der Waals surface area contributed by atoms with Crippen LogP contribution in [0.25, 0.3) is 0 Å². The Kier molecular flexibility index (Phi) is 7.71. The second-order valence-electron chi connectivity index (χ2n) is 6.14. The van der Waals surface area contributed by atoms with E-state index in [1.807, 2.05) is 52.0 Å². The number of methoxy groups -OCH3 is 1. The van der Waals surface area contributed by atoms with E-state index >= 15 is 0 Å². The maximum atomic E-state index is 13.4. The highest BCUT2D eigenvalue weighted by Gasteiger charge is 2.29. The lowest BCUT2D eigenvalue weighted by Gasteiger charge is -2.28. The van der Waals surface area contributed by atoms with Crippen molar-refractivity contribution in [2.45, 2.75) is 38.6 Å². The molecule has 0 bridgehead atoms. The summed E-state index contributed by atoms with van der Waals surface area (Å²) in [6.45, 7) is 8.63. The first-order chi connectivity index (χ1) is 13.4. The van der Waals surface area contributed by atoms with Gasteiger partial charge in [0.15, 0.2) is 11.5 Å². The minimum Gasteiger partial charge on any atom is -0.497 e. The van der Waals surface area contributed by atoms with Gasteiger partial charge in [0.1, 0.15) is 5.75 Å². The van der Waals surface area contributed by atoms with Crippen molar-refractivity contribution in [1.82, 2.24) is 4.31 Å². The molecule has 0 fully saturated rings. The van der Waals surface area contributed by atoms with Crippen LogP contribution in [0.4, 0.5) is 0 Å². The lowest BCUT2D eigenvalue weighted by atomic mass is 10.1. The maximum Gasteiger partial charge on any atom is 0.243 e. The van der Waals surface area contributed by atoms with Crippen LogP contribution in [0.5, 0.6) is 17.2 Å². The molecule has 0 saturated carbocycles. The Morgan fingerprint density at radius 1 is 0.964 bits per heavy atom. The Labute approximate surface area is 168 Å². The molecule has 154 valence electrons. The summed E-state index contributed by atoms with van der Waals surface area (Å²) in [6.07, 6.45) is 0. The van der Waals surface area contributed by atoms with Crippen molar-refractivity contribution < 1.29 is 22.6 Å². The van der Waals surface area contributed by atoms with Crippen LogP contribution in [-0.4, -0.2) is 39.6 Å². The Morgan fingerprint density at radius 2 is 1.64 bits per heavy atom. The van der Waals surface area contributed by atoms with Gasteiger partial charge >= 0.3 is 0 Å². The molecular weight excluding hydrogens is 378 g/mol. The van der Waals surface area contributed by atoms with Crippen LogP contribution in [0, 0.1) is 0 Å². The van der Waals surface area contributed by atoms with Crippen molar-refractivity contribution in [2.24, 2.45) is 0 Å². The first-order valence-electron chi connectivity index (χ1n) is 9.44. The summed E-state index contributed by atoms with van der Waals surface area (Å²) in [6, 6.07) is 11.8. The van der Waals surface area contributed by atoms with Crippen LogP contribution in [0.2, 0.25) is 0 Å². The number of hydrogen-bond acceptors (Lipinski definition) is 5. The third kappa shape index (κ3) is 4.77. The number of rotatable bonds is 10. The van der Waals surface area contributed by atoms with Crippen LogP contribution in [-0.2, 0) is 10.0 Å². The van der Waals surface area contributed by atoms with Crippen LogP contribution >= 0.6 is 0 Å². The molecule has 1 unspecified atom stereocenters. The standard InChI is InChI=1S/C21H29NO5S/c1-6-22(16(4)17-10-9-11-18(14-17)25-5)28(23,24)19-12-13-20(26-7-2)21(15-19)27-8-3/h9-16H,6-8H2,1-5H3. The van der Waals surface area contributed by atoms with Gasteiger partial charge in [0.05, 0.1) is 25.2 Å². The van der Waals surface area contributed by atoms with Crippen molar-refractivity contribution in [2.75, 3.05) is 26.9 Å². The SMILES string of the molecule is CCOc1ccc(S(=O)(=O)N(CC)C(C)c2cccc(OC)c2)cc1OCC. The first-order valence-corrected chi connectivity index (χ1v) is 10.9. The van der Waals surface area contributed by atoms with Gasteiger partial charge in [0, 0.05) is 18.7 Å². The molecule has 2 rings (SSSR count). The molecule has 7 heteroatoms. The predicted molar refractivity (Wildman–Crippen MR) is 110 cm³/mol. The molecular formula is C21H29NO5S. The van der Waals surface area contributed by atoms with E-state index in [4.69, 9.17) is 14.2 Å². The molecule has 0 radical (unpaired) electrons. The zero-order chi connectivity index (χ0) is 20.7. The molecule has 0 saturated heterocycles. The first kappa shape index (κ1) is 22.0. The van der Waals surface area contributed by atoms with E-state index < -0.39 is 10.0 Å². The van der Waals surface area contributed by atoms with Gasteiger partial charge in [-0.15, -0.1) is 0 Å². The van der Waals surface area contributed by atoms with Crippen LogP contribution in [0.15, 0.2) is 47.4 Å². The molecule has 28 heavy (non-hydrogen) atoms. The van der Waals surface area contributed by atoms with Crippen molar-refractivity contribution in [1.29, 1.82) is 0 Å². The minimum atomic E-state index is -3.73. The van der Waals surface area contributed by atoms with Crippen molar-refractivity contribution in [3.63, 3.8) is 0 Å². The van der Waals surface area contributed by atoms with Gasteiger partial charge in [-0.25, -0.2) is 8.42 Å². The van der Waals surface area contributed by atoms with Gasteiger partial charge in [0.25, 0.3) is 0 Å². The monoisotopic (exact) mass is 407 g/mol. The molecule has 0 aromatic heterocycles. The van der Waals surface area contributed by atoms with Gasteiger partial charge in [-0.05, 0) is 50.6 Å². The van der Waals surface area contributed by atoms with Gasteiger partial charge < -0.3 is 14.2 Å². The number of benzene rings is 2. The lowest BCUT2D eigenvalue weighted by molar-refractivity contribution is 0.286. The Bertz CT molecular complexity index is 882. The summed E-state index contributed by atoms with van der Waals surface area (Å²) >= 11 is 0. The smallest absolute Gasteiger partial charge is 0.243 e. The summed E-state index contributed by atoms with van der Waals surface area (Å²) in [7, 11) is -2.14. The molecule has 0 N–H and O–H groups in total. The summed E-state index contributed by atoms with van der Waals surface area (Å²) < 4.78 is 44.6. The van der Waals surface area contributed by atoms with Crippen LogP contribution in [0.1, 0.15) is 39.3 Å². The average Bonchev–Trinajstić information content (AvgIpc) is 2.69. The van der Waals surface area contributed by atoms with E-state index in [-0.39, 0.29) is 10.9 Å². The molecule has 0 aliphatic heterocycles. The summed E-state index contributed by atoms with van der Waals surface area (Å²) in [5.74, 6) is 1.65. The maximum absolute atomic E-state index is 13.4. The summed E-state index contributed by atoms with van der Waals surface area (Å²) in [5, 5.41) is 0. The number of nitrogens with zero attached hydrogens (tertiary/aromatic N) is 1. The highest BCUT2D eigenvalue weighted by molar-refractivity contribution is 7.89. The fraction of sp³-hybridized carbons (Fsp3) is 0.429. The van der Waals surface area contributed by atoms with Gasteiger partial charge in [-0.3, -0.25) is 0 Å². The van der Waals surface area contributed by atoms with Gasteiger partial charge in [0.2, 0.25) is 10.0 Å². The summed E-state index contributed by atoms with van der Waals surface area (Å²) in [4.78, 5) is 0.177. The van der Waals surface area contributed by atoms with E-state index in [2.05, 4.69) is 0 Å². The normalized spacial score (nSPS) is 12.6. The number of ether oxygens (including phenoxy) is 3. The van der Waals surface area contributed by atoms with Crippen LogP contribution in [0.3, 0.4) is 0 Å². The molecule has 2 aromatic rings. The predicted octanol–water partition coefficient (Wildman–Crippen LogP) is 4.26. The molecule has 0 heterocycles. The highest BCUT2D eigenvalue weighted by Crippen LogP contribution is 2.34. The molecule has 1 atom stereocenters. The van der Waals surface area contributed by atoms with E-state index in [9.17, 15) is 8.42 Å². The molecule has 0 spiro atoms. The van der Waals surface area contributed by atoms with Gasteiger partial charge in [-0.1, -0.05) is 19.1 Å². The molecule has 0 aliphatic rings. The van der Waals surface area contributed by atoms with E-state index in [0.29, 0.717) is 37.0 Å². The lowest BCUT2D eigenvalue weighted by Crippen LogP contribution is -2.33. The Hall–Kier alpha value is -2.25. The second-order valence-corrected chi connectivity index (χ2v) is 8.03. The van der Waals surface area contributed by atoms with Gasteiger partial charge in [-0.2, -0.15) is 4.31 Å². The molecule has 0 amide bonds. The van der Waals surface area contributed by atoms with Crippen LogP contribution < -0.4 is 14.2 Å². The molecule has 0 aliphatic carbocycles. The fourth-order valence-electron chi connectivity index (χ4n) is 3.05. The van der Waals surface area contributed by atoms with E-state index in [1.54, 1.807) is 19.2 Å². The topological polar surface area (TPSA) is 65.1 Å². The second kappa shape index (κ2) is 9.80. The minimum absolute atomic E-state index is 0.177. The quantitative estimate of drug-likeness (QED) is 0.589. The highest BCUT2D eigenvalue weighted by atomic mass is 32.2. The summed E-state index contributed by atoms with van der Waals surface area (Å²) in [5.41, 5.74) is 0.862. The molecule has 2 aromatic carbocycles. The third-order valence-electron chi connectivity index (χ3n) is 4.44.